The van der Waals surface area contributed by atoms with Crippen LogP contribution in [0.1, 0.15) is 18.2 Å². The maximum absolute atomic E-state index is 8.61. The minimum Gasteiger partial charge on any atom is -0.468 e. The van der Waals surface area contributed by atoms with E-state index in [0.29, 0.717) is 12.2 Å². The van der Waals surface area contributed by atoms with Crippen LogP contribution in [0.5, 0.6) is 0 Å². The van der Waals surface area contributed by atoms with E-state index in [0.717, 1.165) is 0 Å². The van der Waals surface area contributed by atoms with Gasteiger partial charge in [0.25, 0.3) is 0 Å². The van der Waals surface area contributed by atoms with Crippen LogP contribution >= 0.6 is 0 Å². The number of hydrogen-bond donors (Lipinski definition) is 3. The van der Waals surface area contributed by atoms with E-state index in [1.807, 2.05) is 0 Å². The number of furan rings is 1. The zero-order chi connectivity index (χ0) is 8.10. The van der Waals surface area contributed by atoms with E-state index in [1.165, 1.54) is 6.26 Å². The van der Waals surface area contributed by atoms with Crippen LogP contribution in [-0.4, -0.2) is 16.9 Å². The lowest BCUT2D eigenvalue weighted by Gasteiger charge is -2.09. The van der Waals surface area contributed by atoms with Crippen molar-refractivity contribution in [3.63, 3.8) is 0 Å². The van der Waals surface area contributed by atoms with Crippen molar-refractivity contribution in [3.05, 3.63) is 24.2 Å². The molecule has 4 heteroatoms. The van der Waals surface area contributed by atoms with Crippen LogP contribution in [-0.2, 0) is 0 Å². The van der Waals surface area contributed by atoms with Crippen molar-refractivity contribution in [1.29, 1.82) is 0 Å². The molecule has 1 aromatic heterocycles. The second-order valence-corrected chi connectivity index (χ2v) is 2.21. The van der Waals surface area contributed by atoms with Crippen LogP contribution in [0.15, 0.2) is 22.8 Å². The number of hydroxylamine groups is 1. The highest BCUT2D eigenvalue weighted by molar-refractivity contribution is 5.03. The molecule has 0 spiro atoms. The van der Waals surface area contributed by atoms with Gasteiger partial charge in [-0.15, -0.1) is 0 Å². The Morgan fingerprint density at radius 3 is 2.91 bits per heavy atom. The Balaban J connectivity index is 2.56. The number of rotatable bonds is 4. The molecule has 0 aliphatic rings. The van der Waals surface area contributed by atoms with Crippen LogP contribution in [0.3, 0.4) is 0 Å². The minimum absolute atomic E-state index is 0.0128. The zero-order valence-corrected chi connectivity index (χ0v) is 6.03. The summed E-state index contributed by atoms with van der Waals surface area (Å²) < 4.78 is 5.01. The Morgan fingerprint density at radius 2 is 2.45 bits per heavy atom. The monoisotopic (exact) mass is 157 g/mol. The SMILES string of the molecule is OCC[C@H](NO)c1ccco1. The van der Waals surface area contributed by atoms with Crippen LogP contribution in [0.4, 0.5) is 0 Å². The van der Waals surface area contributed by atoms with Gasteiger partial charge in [-0.3, -0.25) is 0 Å². The second-order valence-electron chi connectivity index (χ2n) is 2.21. The molecule has 1 rings (SSSR count). The molecule has 11 heavy (non-hydrogen) atoms. The molecule has 0 saturated heterocycles. The molecule has 0 fully saturated rings. The van der Waals surface area contributed by atoms with Gasteiger partial charge in [0.2, 0.25) is 0 Å². The molecule has 0 aliphatic heterocycles. The van der Waals surface area contributed by atoms with Crippen molar-refractivity contribution in [2.75, 3.05) is 6.61 Å². The molecule has 1 aromatic rings. The highest BCUT2D eigenvalue weighted by Crippen LogP contribution is 2.15. The first-order valence-corrected chi connectivity index (χ1v) is 3.42. The summed E-state index contributed by atoms with van der Waals surface area (Å²) >= 11 is 0. The Bertz CT molecular complexity index is 186. The van der Waals surface area contributed by atoms with Gasteiger partial charge in [0.05, 0.1) is 12.3 Å². The van der Waals surface area contributed by atoms with Gasteiger partial charge in [0.15, 0.2) is 0 Å². The molecule has 62 valence electrons. The Labute approximate surface area is 64.4 Å². The van der Waals surface area contributed by atoms with E-state index < -0.39 is 0 Å². The lowest BCUT2D eigenvalue weighted by atomic mass is 10.2. The second kappa shape index (κ2) is 4.12. The van der Waals surface area contributed by atoms with E-state index in [1.54, 1.807) is 12.1 Å². The molecular weight excluding hydrogens is 146 g/mol. The summed E-state index contributed by atoms with van der Waals surface area (Å²) in [5, 5.41) is 17.2. The normalized spacial score (nSPS) is 13.3. The van der Waals surface area contributed by atoms with Gasteiger partial charge in [0, 0.05) is 6.61 Å². The fourth-order valence-corrected chi connectivity index (χ4v) is 0.889. The number of aliphatic hydroxyl groups excluding tert-OH is 1. The first-order chi connectivity index (χ1) is 5.38. The highest BCUT2D eigenvalue weighted by atomic mass is 16.5. The summed E-state index contributed by atoms with van der Waals surface area (Å²) in [5.41, 5.74) is 2.05. The van der Waals surface area contributed by atoms with Crippen LogP contribution in [0, 0.1) is 0 Å². The van der Waals surface area contributed by atoms with Crippen LogP contribution in [0.2, 0.25) is 0 Å². The first-order valence-electron chi connectivity index (χ1n) is 3.42. The van der Waals surface area contributed by atoms with Gasteiger partial charge in [-0.1, -0.05) is 0 Å². The third-order valence-corrected chi connectivity index (χ3v) is 1.46. The molecule has 0 bridgehead atoms. The van der Waals surface area contributed by atoms with Crippen molar-refractivity contribution in [1.82, 2.24) is 5.48 Å². The Kier molecular flexibility index (Phi) is 3.10. The fourth-order valence-electron chi connectivity index (χ4n) is 0.889. The fraction of sp³-hybridized carbons (Fsp3) is 0.429. The van der Waals surface area contributed by atoms with Gasteiger partial charge in [-0.05, 0) is 18.6 Å². The summed E-state index contributed by atoms with van der Waals surface area (Å²) in [5.74, 6) is 0.626. The summed E-state index contributed by atoms with van der Waals surface area (Å²) in [6.07, 6.45) is 1.96. The molecule has 0 amide bonds. The van der Waals surface area contributed by atoms with E-state index >= 15 is 0 Å². The maximum atomic E-state index is 8.61. The molecule has 0 unspecified atom stereocenters. The lowest BCUT2D eigenvalue weighted by molar-refractivity contribution is 0.0994. The third-order valence-electron chi connectivity index (χ3n) is 1.46. The number of nitrogens with one attached hydrogen (secondary N) is 1. The molecule has 0 radical (unpaired) electrons. The molecule has 1 heterocycles. The summed E-state index contributed by atoms with van der Waals surface area (Å²) in [7, 11) is 0. The Hall–Kier alpha value is -0.840. The number of aliphatic hydroxyl groups is 1. The summed E-state index contributed by atoms with van der Waals surface area (Å²) in [4.78, 5) is 0. The molecule has 4 nitrogen and oxygen atoms in total. The molecular formula is C7H11NO3. The quantitative estimate of drug-likeness (QED) is 0.562. The zero-order valence-electron chi connectivity index (χ0n) is 6.03. The van der Waals surface area contributed by atoms with Crippen LogP contribution < -0.4 is 5.48 Å². The van der Waals surface area contributed by atoms with Crippen molar-refractivity contribution in [3.8, 4) is 0 Å². The summed E-state index contributed by atoms with van der Waals surface area (Å²) in [6, 6.07) is 3.16. The molecule has 0 aromatic carbocycles. The topological polar surface area (TPSA) is 65.6 Å². The molecule has 1 atom stereocenters. The lowest BCUT2D eigenvalue weighted by Crippen LogP contribution is -2.17. The van der Waals surface area contributed by atoms with Crippen LogP contribution in [0.25, 0.3) is 0 Å². The number of hydrogen-bond acceptors (Lipinski definition) is 4. The van der Waals surface area contributed by atoms with Gasteiger partial charge >= 0.3 is 0 Å². The Morgan fingerprint density at radius 1 is 1.64 bits per heavy atom. The minimum atomic E-state index is -0.310. The van der Waals surface area contributed by atoms with Gasteiger partial charge in [-0.2, -0.15) is 5.48 Å². The first kappa shape index (κ1) is 8.26. The summed E-state index contributed by atoms with van der Waals surface area (Å²) in [6.45, 7) is 0.0128. The standard InChI is InChI=1S/C7H11NO3/c9-4-3-6(8-10)7-2-1-5-11-7/h1-2,5-6,8-10H,3-4H2/t6-/m0/s1. The third kappa shape index (κ3) is 2.04. The average molecular weight is 157 g/mol. The van der Waals surface area contributed by atoms with Crippen molar-refractivity contribution in [2.24, 2.45) is 0 Å². The maximum Gasteiger partial charge on any atom is 0.123 e. The van der Waals surface area contributed by atoms with Gasteiger partial charge in [-0.25, -0.2) is 0 Å². The molecule has 0 saturated carbocycles. The smallest absolute Gasteiger partial charge is 0.123 e. The largest absolute Gasteiger partial charge is 0.468 e. The highest BCUT2D eigenvalue weighted by Gasteiger charge is 2.11. The molecule has 0 aliphatic carbocycles. The van der Waals surface area contributed by atoms with Crippen molar-refractivity contribution < 1.29 is 14.7 Å². The predicted octanol–water partition coefficient (Wildman–Crippen LogP) is 0.682. The van der Waals surface area contributed by atoms with E-state index in [2.05, 4.69) is 5.48 Å². The van der Waals surface area contributed by atoms with Gasteiger partial charge < -0.3 is 14.7 Å². The van der Waals surface area contributed by atoms with Gasteiger partial charge in [0.1, 0.15) is 5.76 Å². The van der Waals surface area contributed by atoms with E-state index in [9.17, 15) is 0 Å². The molecule has 3 N–H and O–H groups in total. The van der Waals surface area contributed by atoms with E-state index in [-0.39, 0.29) is 12.6 Å². The van der Waals surface area contributed by atoms with E-state index in [4.69, 9.17) is 14.7 Å². The predicted molar refractivity (Wildman–Crippen MR) is 38.1 cm³/mol. The van der Waals surface area contributed by atoms with Crippen molar-refractivity contribution >= 4 is 0 Å². The average Bonchev–Trinajstić information content (AvgIpc) is 2.52. The van der Waals surface area contributed by atoms with Crippen molar-refractivity contribution in [2.45, 2.75) is 12.5 Å².